The average Bonchev–Trinajstić information content (AvgIpc) is 2.71. The molecular formula is C9H11N3O2S. The van der Waals surface area contributed by atoms with E-state index in [0.29, 0.717) is 0 Å². The third-order valence-corrected chi connectivity index (χ3v) is 3.47. The first-order valence-corrected chi connectivity index (χ1v) is 6.03. The number of rotatable bonds is 3. The van der Waals surface area contributed by atoms with Crippen LogP contribution in [0, 0.1) is 0 Å². The number of nitrogens with zero attached hydrogens (tertiary/aromatic N) is 1. The normalized spacial score (nSPS) is 15.3. The fourth-order valence-electron chi connectivity index (χ4n) is 1.26. The predicted octanol–water partition coefficient (Wildman–Crippen LogP) is 0.312. The summed E-state index contributed by atoms with van der Waals surface area (Å²) >= 11 is 0. The highest BCUT2D eigenvalue weighted by molar-refractivity contribution is 7.88. The maximum Gasteiger partial charge on any atom is 0.253 e. The van der Waals surface area contributed by atoms with Gasteiger partial charge >= 0.3 is 0 Å². The van der Waals surface area contributed by atoms with Crippen LogP contribution in [0.1, 0.15) is 5.56 Å². The van der Waals surface area contributed by atoms with Crippen molar-refractivity contribution in [1.29, 1.82) is 0 Å². The third kappa shape index (κ3) is 2.28. The summed E-state index contributed by atoms with van der Waals surface area (Å²) in [5.74, 6) is -0.0210. The molecule has 15 heavy (non-hydrogen) atoms. The Morgan fingerprint density at radius 3 is 2.53 bits per heavy atom. The Bertz CT molecular complexity index is 456. The number of benzene rings is 1. The molecule has 1 aromatic rings. The number of sulfonamides is 1. The van der Waals surface area contributed by atoms with Gasteiger partial charge in [-0.3, -0.25) is 0 Å². The molecule has 0 aliphatic carbocycles. The molecule has 0 spiro atoms. The first kappa shape index (κ1) is 10.0. The maximum absolute atomic E-state index is 11.8. The van der Waals surface area contributed by atoms with Gasteiger partial charge < -0.3 is 5.43 Å². The number of nitrogens with one attached hydrogen (secondary N) is 2. The number of hydrazine groups is 2. The van der Waals surface area contributed by atoms with Crippen molar-refractivity contribution in [2.24, 2.45) is 0 Å². The van der Waals surface area contributed by atoms with Gasteiger partial charge in [-0.05, 0) is 5.56 Å². The molecule has 0 aromatic heterocycles. The average molecular weight is 225 g/mol. The largest absolute Gasteiger partial charge is 0.309 e. The molecule has 0 amide bonds. The summed E-state index contributed by atoms with van der Waals surface area (Å²) in [5, 5.41) is 0. The van der Waals surface area contributed by atoms with E-state index in [0.717, 1.165) is 9.98 Å². The molecule has 0 saturated carbocycles. The molecule has 0 saturated heterocycles. The zero-order valence-corrected chi connectivity index (χ0v) is 8.74. The molecule has 0 atom stereocenters. The Morgan fingerprint density at radius 2 is 1.93 bits per heavy atom. The van der Waals surface area contributed by atoms with Crippen LogP contribution in [0.25, 0.3) is 0 Å². The zero-order valence-electron chi connectivity index (χ0n) is 7.92. The van der Waals surface area contributed by atoms with Crippen LogP contribution in [0.2, 0.25) is 0 Å². The van der Waals surface area contributed by atoms with Gasteiger partial charge in [0.1, 0.15) is 0 Å². The molecule has 80 valence electrons. The molecule has 1 aliphatic rings. The van der Waals surface area contributed by atoms with E-state index in [1.165, 1.54) is 12.4 Å². The third-order valence-electron chi connectivity index (χ3n) is 1.96. The second kappa shape index (κ2) is 3.92. The van der Waals surface area contributed by atoms with Crippen LogP contribution in [0.4, 0.5) is 0 Å². The number of hydrogen-bond donors (Lipinski definition) is 2. The van der Waals surface area contributed by atoms with Gasteiger partial charge in [0.15, 0.2) is 0 Å². The summed E-state index contributed by atoms with van der Waals surface area (Å²) in [6.45, 7) is 0. The van der Waals surface area contributed by atoms with E-state index in [4.69, 9.17) is 0 Å². The SMILES string of the molecule is O=S(=O)(Cc1ccccc1)N1C=CNN1. The van der Waals surface area contributed by atoms with Crippen molar-refractivity contribution in [3.05, 3.63) is 48.3 Å². The lowest BCUT2D eigenvalue weighted by Gasteiger charge is -2.15. The van der Waals surface area contributed by atoms with Gasteiger partial charge in [-0.1, -0.05) is 30.3 Å². The molecule has 2 N–H and O–H groups in total. The van der Waals surface area contributed by atoms with Gasteiger partial charge in [-0.25, -0.2) is 8.42 Å². The van der Waals surface area contributed by atoms with Gasteiger partial charge in [0.2, 0.25) is 0 Å². The standard InChI is InChI=1S/C9H11N3O2S/c13-15(14,12-7-6-10-11-12)8-9-4-2-1-3-5-9/h1-7,10-11H,8H2. The minimum atomic E-state index is -3.34. The molecule has 1 heterocycles. The smallest absolute Gasteiger partial charge is 0.253 e. The topological polar surface area (TPSA) is 61.4 Å². The van der Waals surface area contributed by atoms with Gasteiger partial charge in [0, 0.05) is 6.20 Å². The Balaban J connectivity index is 2.15. The van der Waals surface area contributed by atoms with Crippen molar-refractivity contribution in [1.82, 2.24) is 15.4 Å². The summed E-state index contributed by atoms with van der Waals surface area (Å²) in [6, 6.07) is 9.05. The van der Waals surface area contributed by atoms with Crippen LogP contribution in [0.3, 0.4) is 0 Å². The fraction of sp³-hybridized carbons (Fsp3) is 0.111. The van der Waals surface area contributed by atoms with E-state index in [9.17, 15) is 8.42 Å². The second-order valence-corrected chi connectivity index (χ2v) is 4.96. The van der Waals surface area contributed by atoms with E-state index in [-0.39, 0.29) is 5.75 Å². The van der Waals surface area contributed by atoms with Crippen molar-refractivity contribution in [3.63, 3.8) is 0 Å². The zero-order chi connectivity index (χ0) is 10.7. The number of hydrogen-bond acceptors (Lipinski definition) is 4. The monoisotopic (exact) mass is 225 g/mol. The Hall–Kier alpha value is -1.53. The summed E-state index contributed by atoms with van der Waals surface area (Å²) in [7, 11) is -3.34. The quantitative estimate of drug-likeness (QED) is 0.777. The summed E-state index contributed by atoms with van der Waals surface area (Å²) in [5.41, 5.74) is 5.85. The highest BCUT2D eigenvalue weighted by Gasteiger charge is 2.20. The molecule has 1 aliphatic heterocycles. The van der Waals surface area contributed by atoms with Crippen LogP contribution in [0.15, 0.2) is 42.7 Å². The molecule has 0 bridgehead atoms. The molecule has 0 unspecified atom stereocenters. The van der Waals surface area contributed by atoms with Gasteiger partial charge in [0.05, 0.1) is 12.0 Å². The minimum absolute atomic E-state index is 0.0210. The van der Waals surface area contributed by atoms with Crippen molar-refractivity contribution in [2.75, 3.05) is 0 Å². The highest BCUT2D eigenvalue weighted by Crippen LogP contribution is 2.09. The van der Waals surface area contributed by atoms with E-state index in [1.54, 1.807) is 12.1 Å². The summed E-state index contributed by atoms with van der Waals surface area (Å²) in [4.78, 5) is 0. The van der Waals surface area contributed by atoms with Crippen LogP contribution in [-0.2, 0) is 15.8 Å². The minimum Gasteiger partial charge on any atom is -0.309 e. The molecule has 1 aromatic carbocycles. The van der Waals surface area contributed by atoms with Crippen LogP contribution >= 0.6 is 0 Å². The highest BCUT2D eigenvalue weighted by atomic mass is 32.2. The fourth-order valence-corrected chi connectivity index (χ4v) is 2.45. The van der Waals surface area contributed by atoms with Crippen LogP contribution in [0.5, 0.6) is 0 Å². The first-order chi connectivity index (χ1) is 7.18. The van der Waals surface area contributed by atoms with E-state index < -0.39 is 10.0 Å². The lowest BCUT2D eigenvalue weighted by atomic mass is 10.2. The molecule has 0 fully saturated rings. The van der Waals surface area contributed by atoms with Gasteiger partial charge in [0.25, 0.3) is 10.0 Å². The summed E-state index contributed by atoms with van der Waals surface area (Å²) in [6.07, 6.45) is 2.95. The van der Waals surface area contributed by atoms with E-state index >= 15 is 0 Å². The predicted molar refractivity (Wildman–Crippen MR) is 56.3 cm³/mol. The molecular weight excluding hydrogens is 214 g/mol. The van der Waals surface area contributed by atoms with E-state index in [2.05, 4.69) is 11.0 Å². The van der Waals surface area contributed by atoms with Crippen molar-refractivity contribution < 1.29 is 8.42 Å². The van der Waals surface area contributed by atoms with Crippen molar-refractivity contribution >= 4 is 10.0 Å². The molecule has 5 nitrogen and oxygen atoms in total. The van der Waals surface area contributed by atoms with E-state index in [1.807, 2.05) is 18.2 Å². The lowest BCUT2D eigenvalue weighted by molar-refractivity contribution is 0.399. The first-order valence-electron chi connectivity index (χ1n) is 4.42. The van der Waals surface area contributed by atoms with Gasteiger partial charge in [-0.2, -0.15) is 4.41 Å². The summed E-state index contributed by atoms with van der Waals surface area (Å²) < 4.78 is 24.6. The van der Waals surface area contributed by atoms with Crippen LogP contribution in [-0.4, -0.2) is 12.8 Å². The lowest BCUT2D eigenvalue weighted by Crippen LogP contribution is -2.40. The van der Waals surface area contributed by atoms with Gasteiger partial charge in [-0.15, -0.1) is 5.53 Å². The van der Waals surface area contributed by atoms with Crippen molar-refractivity contribution in [2.45, 2.75) is 5.75 Å². The molecule has 2 rings (SSSR count). The van der Waals surface area contributed by atoms with Crippen LogP contribution < -0.4 is 11.0 Å². The van der Waals surface area contributed by atoms with Crippen molar-refractivity contribution in [3.8, 4) is 0 Å². The maximum atomic E-state index is 11.8. The Labute approximate surface area is 88.4 Å². The Morgan fingerprint density at radius 1 is 1.20 bits per heavy atom. The second-order valence-electron chi connectivity index (χ2n) is 3.11. The molecule has 6 heteroatoms. The molecule has 0 radical (unpaired) electrons. The Kier molecular flexibility index (Phi) is 2.61.